The van der Waals surface area contributed by atoms with Crippen molar-refractivity contribution in [2.45, 2.75) is 82.1 Å². The summed E-state index contributed by atoms with van der Waals surface area (Å²) in [6, 6.07) is 9.22. The van der Waals surface area contributed by atoms with Gasteiger partial charge in [-0.05, 0) is 81.1 Å². The Morgan fingerprint density at radius 1 is 1.00 bits per heavy atom. The van der Waals surface area contributed by atoms with E-state index in [9.17, 15) is 4.79 Å². The van der Waals surface area contributed by atoms with E-state index in [-0.39, 0.29) is 17.6 Å². The number of benzene rings is 1. The van der Waals surface area contributed by atoms with Crippen LogP contribution in [0.1, 0.15) is 64.0 Å². The monoisotopic (exact) mass is 590 g/mol. The van der Waals surface area contributed by atoms with Crippen LogP contribution in [0.4, 0.5) is 0 Å². The second kappa shape index (κ2) is 11.8. The van der Waals surface area contributed by atoms with Crippen molar-refractivity contribution >= 4 is 11.6 Å². The summed E-state index contributed by atoms with van der Waals surface area (Å²) in [5, 5.41) is 15.2. The molecule has 1 aliphatic carbocycles. The maximum atomic E-state index is 13.9. The zero-order valence-corrected chi connectivity index (χ0v) is 25.4. The van der Waals surface area contributed by atoms with Gasteiger partial charge in [0.1, 0.15) is 0 Å². The van der Waals surface area contributed by atoms with Crippen molar-refractivity contribution in [3.05, 3.63) is 58.4 Å². The second-order valence-electron chi connectivity index (χ2n) is 13.1. The van der Waals surface area contributed by atoms with Crippen molar-refractivity contribution < 1.29 is 0 Å². The van der Waals surface area contributed by atoms with E-state index in [1.54, 1.807) is 12.4 Å². The predicted molar refractivity (Wildman–Crippen MR) is 166 cm³/mol. The van der Waals surface area contributed by atoms with E-state index in [1.165, 1.54) is 12.8 Å². The summed E-state index contributed by atoms with van der Waals surface area (Å²) in [7, 11) is 2.18. The minimum absolute atomic E-state index is 0.00661. The first kappa shape index (κ1) is 28.2. The van der Waals surface area contributed by atoms with Crippen LogP contribution in [0.3, 0.4) is 0 Å². The van der Waals surface area contributed by atoms with Gasteiger partial charge in [-0.3, -0.25) is 19.5 Å². The molecule has 0 radical (unpaired) electrons. The molecule has 5 heterocycles. The van der Waals surface area contributed by atoms with Crippen molar-refractivity contribution in [3.63, 3.8) is 0 Å². The molecule has 4 unspecified atom stereocenters. The summed E-state index contributed by atoms with van der Waals surface area (Å²) in [6.45, 7) is 5.32. The molecule has 0 amide bonds. The molecule has 3 saturated heterocycles. The van der Waals surface area contributed by atoms with Gasteiger partial charge in [-0.2, -0.15) is 5.10 Å². The van der Waals surface area contributed by atoms with Crippen LogP contribution >= 0.6 is 11.6 Å². The first-order valence-corrected chi connectivity index (χ1v) is 16.2. The lowest BCUT2D eigenvalue weighted by Gasteiger charge is -2.42. The molecule has 6 atom stereocenters. The molecule has 1 aromatic carbocycles. The molecular formula is C32H43ClN8O. The third kappa shape index (κ3) is 5.69. The largest absolute Gasteiger partial charge is 0.312 e. The number of likely N-dealkylation sites (N-methyl/N-ethyl adjacent to an activating group) is 1. The van der Waals surface area contributed by atoms with Gasteiger partial charge in [0, 0.05) is 60.1 Å². The number of halogens is 1. The van der Waals surface area contributed by atoms with Gasteiger partial charge in [0.15, 0.2) is 0 Å². The highest BCUT2D eigenvalue weighted by molar-refractivity contribution is 6.31. The highest BCUT2D eigenvalue weighted by Gasteiger charge is 2.41. The molecule has 0 spiro atoms. The van der Waals surface area contributed by atoms with Crippen molar-refractivity contribution in [2.75, 3.05) is 26.7 Å². The summed E-state index contributed by atoms with van der Waals surface area (Å²) in [6.07, 6.45) is 13.5. The van der Waals surface area contributed by atoms with Crippen LogP contribution in [0.2, 0.25) is 5.02 Å². The molecule has 7 rings (SSSR count). The van der Waals surface area contributed by atoms with Gasteiger partial charge in [0.05, 0.1) is 30.3 Å². The first-order valence-electron chi connectivity index (χ1n) is 15.8. The van der Waals surface area contributed by atoms with Gasteiger partial charge in [-0.25, -0.2) is 9.99 Å². The zero-order valence-electron chi connectivity index (χ0n) is 24.7. The maximum Gasteiger partial charge on any atom is 0.254 e. The Morgan fingerprint density at radius 2 is 1.88 bits per heavy atom. The number of aromatic nitrogens is 4. The fourth-order valence-corrected chi connectivity index (χ4v) is 7.80. The highest BCUT2D eigenvalue weighted by atomic mass is 35.5. The fourth-order valence-electron chi connectivity index (χ4n) is 7.63. The SMILES string of the molecule is C[C@@H]1CCC[C@H](n2cnc(-c3cc(Cl)ccc3-c3cnn(C4CC4)c3)cc2=O)C2CC(CCN2)C2C(CNN2C)NC1. The smallest absolute Gasteiger partial charge is 0.254 e. The highest BCUT2D eigenvalue weighted by Crippen LogP contribution is 2.38. The molecule has 2 aromatic heterocycles. The molecule has 2 bridgehead atoms. The molecule has 3 aliphatic heterocycles. The Morgan fingerprint density at radius 3 is 2.71 bits per heavy atom. The van der Waals surface area contributed by atoms with Crippen LogP contribution in [0.15, 0.2) is 47.8 Å². The number of piperidine rings is 1. The van der Waals surface area contributed by atoms with E-state index in [0.717, 1.165) is 68.4 Å². The molecule has 1 saturated carbocycles. The van der Waals surface area contributed by atoms with Gasteiger partial charge >= 0.3 is 0 Å². The van der Waals surface area contributed by atoms with Gasteiger partial charge in [0.25, 0.3) is 5.56 Å². The number of nitrogens with zero attached hydrogens (tertiary/aromatic N) is 5. The van der Waals surface area contributed by atoms with Crippen molar-refractivity contribution in [3.8, 4) is 22.4 Å². The number of hydrogen-bond donors (Lipinski definition) is 3. The van der Waals surface area contributed by atoms with Crippen LogP contribution in [0.5, 0.6) is 0 Å². The lowest BCUT2D eigenvalue weighted by molar-refractivity contribution is 0.108. The number of rotatable bonds is 4. The van der Waals surface area contributed by atoms with E-state index >= 15 is 0 Å². The van der Waals surface area contributed by atoms with Gasteiger partial charge in [-0.1, -0.05) is 31.0 Å². The van der Waals surface area contributed by atoms with Crippen LogP contribution in [0.25, 0.3) is 22.4 Å². The Bertz CT molecular complexity index is 1470. The van der Waals surface area contributed by atoms with Crippen LogP contribution in [0, 0.1) is 11.8 Å². The molecule has 10 heteroatoms. The first-order chi connectivity index (χ1) is 20.4. The van der Waals surface area contributed by atoms with Gasteiger partial charge in [-0.15, -0.1) is 0 Å². The molecule has 3 N–H and O–H groups in total. The van der Waals surface area contributed by atoms with E-state index in [2.05, 4.69) is 46.3 Å². The van der Waals surface area contributed by atoms with E-state index in [1.807, 2.05) is 33.6 Å². The quantitative estimate of drug-likeness (QED) is 0.418. The molecule has 224 valence electrons. The van der Waals surface area contributed by atoms with E-state index < -0.39 is 0 Å². The average Bonchev–Trinajstić information content (AvgIpc) is 3.60. The molecule has 42 heavy (non-hydrogen) atoms. The number of nitrogens with one attached hydrogen (secondary N) is 3. The minimum atomic E-state index is -0.00661. The topological polar surface area (TPSA) is 92.0 Å². The van der Waals surface area contributed by atoms with Crippen LogP contribution in [-0.2, 0) is 0 Å². The van der Waals surface area contributed by atoms with E-state index in [4.69, 9.17) is 16.6 Å². The second-order valence-corrected chi connectivity index (χ2v) is 13.5. The zero-order chi connectivity index (χ0) is 28.8. The lowest BCUT2D eigenvalue weighted by Crippen LogP contribution is -2.54. The average molecular weight is 591 g/mol. The van der Waals surface area contributed by atoms with Gasteiger partial charge < -0.3 is 10.6 Å². The third-order valence-electron chi connectivity index (χ3n) is 10.1. The number of hydrazine groups is 1. The van der Waals surface area contributed by atoms with Crippen LogP contribution in [-0.4, -0.2) is 69.1 Å². The Hall–Kier alpha value is -2.56. The summed E-state index contributed by atoms with van der Waals surface area (Å²) in [4.78, 5) is 18.8. The Kier molecular flexibility index (Phi) is 7.96. The normalized spacial score (nSPS) is 30.8. The Balaban J connectivity index is 1.20. The molecule has 3 aromatic rings. The maximum absolute atomic E-state index is 13.9. The molecular weight excluding hydrogens is 548 g/mol. The van der Waals surface area contributed by atoms with Crippen molar-refractivity contribution in [1.82, 2.24) is 40.4 Å². The third-order valence-corrected chi connectivity index (χ3v) is 10.3. The minimum Gasteiger partial charge on any atom is -0.312 e. The van der Waals surface area contributed by atoms with Gasteiger partial charge in [0.2, 0.25) is 0 Å². The fraction of sp³-hybridized carbons (Fsp3) is 0.594. The molecule has 4 fully saturated rings. The standard InChI is InChI=1S/C32H43ClN8O/c1-20-4-3-5-30(28-12-21(10-11-34-28)32-29(35-15-20)17-37-39(32)2)40-19-36-27(14-31(40)42)26-13-23(33)6-9-25(26)22-16-38-41(18-22)24-7-8-24/h6,9,13-14,16,18-21,24,28-30,32,34-35,37H,3-5,7-8,10-12,15,17H2,1-2H3/t20-,21?,28?,29?,30+,32?/m1/s1. The number of hydrogen-bond acceptors (Lipinski definition) is 7. The number of fused-ring (bicyclic) bond motifs is 4. The van der Waals surface area contributed by atoms with Crippen LogP contribution < -0.4 is 21.6 Å². The predicted octanol–water partition coefficient (Wildman–Crippen LogP) is 4.27. The summed E-state index contributed by atoms with van der Waals surface area (Å²) < 4.78 is 3.95. The van der Waals surface area contributed by atoms with E-state index in [0.29, 0.717) is 40.7 Å². The summed E-state index contributed by atoms with van der Waals surface area (Å²) in [5.74, 6) is 1.15. The van der Waals surface area contributed by atoms with Crippen molar-refractivity contribution in [2.24, 2.45) is 11.8 Å². The Labute approximate surface area is 253 Å². The lowest BCUT2D eigenvalue weighted by atomic mass is 9.80. The van der Waals surface area contributed by atoms with Crippen molar-refractivity contribution in [1.29, 1.82) is 0 Å². The summed E-state index contributed by atoms with van der Waals surface area (Å²) in [5.41, 5.74) is 7.10. The summed E-state index contributed by atoms with van der Waals surface area (Å²) >= 11 is 6.47. The molecule has 9 nitrogen and oxygen atoms in total. The molecule has 4 aliphatic rings.